The second kappa shape index (κ2) is 5.04. The van der Waals surface area contributed by atoms with Gasteiger partial charge in [-0.1, -0.05) is 0 Å². The summed E-state index contributed by atoms with van der Waals surface area (Å²) in [5, 5.41) is 0. The largest absolute Gasteiger partial charge is 0.377 e. The molecule has 82 valence electrons. The van der Waals surface area contributed by atoms with Crippen LogP contribution in [0.2, 0.25) is 0 Å². The molecule has 0 fully saturated rings. The maximum absolute atomic E-state index is 11.2. The molecule has 0 atom stereocenters. The number of ether oxygens (including phenoxy) is 1. The Morgan fingerprint density at radius 2 is 2.27 bits per heavy atom. The summed E-state index contributed by atoms with van der Waals surface area (Å²) in [6.45, 7) is -0.189. The zero-order valence-corrected chi connectivity index (χ0v) is 9.54. The summed E-state index contributed by atoms with van der Waals surface area (Å²) in [7, 11) is 1.39. The van der Waals surface area contributed by atoms with Crippen LogP contribution in [0.15, 0.2) is 20.3 Å². The van der Waals surface area contributed by atoms with Crippen molar-refractivity contribution in [1.82, 2.24) is 9.55 Å². The average molecular weight is 277 g/mol. The predicted octanol–water partition coefficient (Wildman–Crippen LogP) is -0.485. The number of nitrogens with zero attached hydrogens (tertiary/aromatic N) is 1. The number of halogens is 1. The van der Waals surface area contributed by atoms with Crippen molar-refractivity contribution in [3.63, 3.8) is 0 Å². The van der Waals surface area contributed by atoms with Gasteiger partial charge in [0.1, 0.15) is 6.61 Å². The first-order valence-electron chi connectivity index (χ1n) is 4.04. The number of aromatic nitrogens is 2. The fraction of sp³-hybridized carbons (Fsp3) is 0.375. The molecule has 1 heterocycles. The molecule has 0 aliphatic rings. The van der Waals surface area contributed by atoms with Crippen molar-refractivity contribution in [3.05, 3.63) is 31.5 Å². The Labute approximate surface area is 93.0 Å². The molecule has 0 bridgehead atoms. The monoisotopic (exact) mass is 276 g/mol. The Balaban J connectivity index is 2.96. The Bertz CT molecular complexity index is 476. The number of ketones is 1. The highest BCUT2D eigenvalue weighted by Gasteiger charge is 2.06. The van der Waals surface area contributed by atoms with Crippen LogP contribution in [-0.2, 0) is 16.1 Å². The molecule has 6 nitrogen and oxygen atoms in total. The molecule has 0 aliphatic heterocycles. The second-order valence-electron chi connectivity index (χ2n) is 2.84. The minimum absolute atomic E-state index is 0.0663. The van der Waals surface area contributed by atoms with Gasteiger partial charge in [0.15, 0.2) is 5.78 Å². The number of H-pyrrole nitrogens is 1. The number of carbonyl (C=O) groups excluding carboxylic acids is 1. The first-order valence-corrected chi connectivity index (χ1v) is 4.84. The molecule has 0 amide bonds. The molecule has 1 aromatic rings. The van der Waals surface area contributed by atoms with E-state index in [9.17, 15) is 14.4 Å². The van der Waals surface area contributed by atoms with Gasteiger partial charge in [-0.3, -0.25) is 19.1 Å². The van der Waals surface area contributed by atoms with E-state index in [0.717, 1.165) is 4.57 Å². The van der Waals surface area contributed by atoms with Crippen LogP contribution in [0.5, 0.6) is 0 Å². The molecule has 7 heteroatoms. The van der Waals surface area contributed by atoms with Gasteiger partial charge < -0.3 is 4.74 Å². The minimum Gasteiger partial charge on any atom is -0.377 e. The summed E-state index contributed by atoms with van der Waals surface area (Å²) >= 11 is 2.96. The Morgan fingerprint density at radius 3 is 2.87 bits per heavy atom. The van der Waals surface area contributed by atoms with Crippen LogP contribution in [0, 0.1) is 0 Å². The van der Waals surface area contributed by atoms with Crippen LogP contribution >= 0.6 is 15.9 Å². The van der Waals surface area contributed by atoms with Crippen molar-refractivity contribution in [2.24, 2.45) is 0 Å². The average Bonchev–Trinajstić information content (AvgIpc) is 2.14. The fourth-order valence-corrected chi connectivity index (χ4v) is 1.34. The first kappa shape index (κ1) is 11.9. The highest BCUT2D eigenvalue weighted by atomic mass is 79.9. The minimum atomic E-state index is -0.618. The number of hydrogen-bond acceptors (Lipinski definition) is 4. The van der Waals surface area contributed by atoms with E-state index >= 15 is 0 Å². The zero-order chi connectivity index (χ0) is 11.4. The molecule has 1 N–H and O–H groups in total. The Kier molecular flexibility index (Phi) is 3.98. The normalized spacial score (nSPS) is 10.3. The molecule has 0 saturated carbocycles. The third-order valence-corrected chi connectivity index (χ3v) is 2.18. The number of nitrogens with one attached hydrogen (secondary N) is 1. The van der Waals surface area contributed by atoms with Crippen molar-refractivity contribution in [2.45, 2.75) is 6.54 Å². The quantitative estimate of drug-likeness (QED) is 0.805. The van der Waals surface area contributed by atoms with Crippen LogP contribution in [0.4, 0.5) is 0 Å². The molecule has 0 saturated heterocycles. The number of aromatic amines is 1. The lowest BCUT2D eigenvalue weighted by atomic mass is 10.4. The molecule has 0 aliphatic carbocycles. The van der Waals surface area contributed by atoms with Crippen LogP contribution < -0.4 is 11.2 Å². The topological polar surface area (TPSA) is 81.2 Å². The van der Waals surface area contributed by atoms with E-state index in [1.165, 1.54) is 13.3 Å². The Morgan fingerprint density at radius 1 is 1.60 bits per heavy atom. The van der Waals surface area contributed by atoms with Gasteiger partial charge in [0.05, 0.1) is 11.0 Å². The van der Waals surface area contributed by atoms with Gasteiger partial charge >= 0.3 is 5.69 Å². The second-order valence-corrected chi connectivity index (χ2v) is 3.69. The number of methoxy groups -OCH3 is 1. The summed E-state index contributed by atoms with van der Waals surface area (Å²) in [6.07, 6.45) is 1.27. The van der Waals surface area contributed by atoms with Crippen LogP contribution in [-0.4, -0.2) is 29.1 Å². The van der Waals surface area contributed by atoms with Crippen LogP contribution in [0.1, 0.15) is 0 Å². The van der Waals surface area contributed by atoms with Crippen LogP contribution in [0.25, 0.3) is 0 Å². The smallest absolute Gasteiger partial charge is 0.328 e. The molecule has 0 spiro atoms. The molecule has 0 aromatic carbocycles. The number of rotatable bonds is 4. The van der Waals surface area contributed by atoms with Crippen molar-refractivity contribution >= 4 is 21.7 Å². The van der Waals surface area contributed by atoms with E-state index in [-0.39, 0.29) is 23.4 Å². The van der Waals surface area contributed by atoms with E-state index in [0.29, 0.717) is 0 Å². The fourth-order valence-electron chi connectivity index (χ4n) is 0.997. The molecule has 0 radical (unpaired) electrons. The lowest BCUT2D eigenvalue weighted by Crippen LogP contribution is -2.32. The standard InChI is InChI=1S/C8H9BrN2O4/c1-15-4-5(12)2-11-3-6(9)7(13)10-8(11)14/h3H,2,4H2,1H3,(H,10,13,14). The third-order valence-electron chi connectivity index (χ3n) is 1.62. The van der Waals surface area contributed by atoms with Crippen molar-refractivity contribution < 1.29 is 9.53 Å². The molecule has 15 heavy (non-hydrogen) atoms. The van der Waals surface area contributed by atoms with Gasteiger partial charge in [0, 0.05) is 13.3 Å². The summed E-state index contributed by atoms with van der Waals surface area (Å²) in [6, 6.07) is 0. The van der Waals surface area contributed by atoms with Gasteiger partial charge in [0.25, 0.3) is 5.56 Å². The van der Waals surface area contributed by atoms with Crippen molar-refractivity contribution in [3.8, 4) is 0 Å². The maximum Gasteiger partial charge on any atom is 0.328 e. The van der Waals surface area contributed by atoms with Crippen LogP contribution in [0.3, 0.4) is 0 Å². The van der Waals surface area contributed by atoms with Gasteiger partial charge in [0.2, 0.25) is 0 Å². The van der Waals surface area contributed by atoms with E-state index in [2.05, 4.69) is 25.7 Å². The number of carbonyl (C=O) groups is 1. The third kappa shape index (κ3) is 3.14. The number of Topliss-reactive ketones (excluding diaryl/α,β-unsaturated/α-hetero) is 1. The highest BCUT2D eigenvalue weighted by Crippen LogP contribution is 1.97. The summed E-state index contributed by atoms with van der Waals surface area (Å²) in [5.74, 6) is -0.251. The van der Waals surface area contributed by atoms with Gasteiger partial charge in [-0.15, -0.1) is 0 Å². The number of hydrogen-bond donors (Lipinski definition) is 1. The SMILES string of the molecule is COCC(=O)Cn1cc(Br)c(=O)[nH]c1=O. The van der Waals surface area contributed by atoms with E-state index < -0.39 is 11.2 Å². The maximum atomic E-state index is 11.2. The predicted molar refractivity (Wildman–Crippen MR) is 55.9 cm³/mol. The van der Waals surface area contributed by atoms with Gasteiger partial charge in [-0.25, -0.2) is 4.79 Å². The molecular formula is C8H9BrN2O4. The van der Waals surface area contributed by atoms with Gasteiger partial charge in [-0.05, 0) is 15.9 Å². The van der Waals surface area contributed by atoms with E-state index in [4.69, 9.17) is 0 Å². The molecule has 1 aromatic heterocycles. The summed E-state index contributed by atoms with van der Waals surface area (Å²) in [5.41, 5.74) is -1.14. The van der Waals surface area contributed by atoms with Gasteiger partial charge in [-0.2, -0.15) is 0 Å². The Hall–Kier alpha value is -1.21. The zero-order valence-electron chi connectivity index (χ0n) is 7.95. The van der Waals surface area contributed by atoms with E-state index in [1.54, 1.807) is 0 Å². The molecular weight excluding hydrogens is 268 g/mol. The molecule has 1 rings (SSSR count). The highest BCUT2D eigenvalue weighted by molar-refractivity contribution is 9.10. The van der Waals surface area contributed by atoms with E-state index in [1.807, 2.05) is 0 Å². The molecule has 0 unspecified atom stereocenters. The van der Waals surface area contributed by atoms with Crippen molar-refractivity contribution in [2.75, 3.05) is 13.7 Å². The summed E-state index contributed by atoms with van der Waals surface area (Å²) in [4.78, 5) is 35.4. The summed E-state index contributed by atoms with van der Waals surface area (Å²) < 4.78 is 5.93. The lowest BCUT2D eigenvalue weighted by molar-refractivity contribution is -0.123. The first-order chi connectivity index (χ1) is 7.04. The van der Waals surface area contributed by atoms with Crippen molar-refractivity contribution in [1.29, 1.82) is 0 Å². The lowest BCUT2D eigenvalue weighted by Gasteiger charge is -2.03.